The van der Waals surface area contributed by atoms with Crippen LogP contribution in [0.1, 0.15) is 113 Å². The zero-order chi connectivity index (χ0) is 98.7. The second-order valence-electron chi connectivity index (χ2n) is 34.4. The van der Waals surface area contributed by atoms with Crippen molar-refractivity contribution in [3.8, 4) is 11.5 Å². The molecule has 1 aromatic heterocycles. The van der Waals surface area contributed by atoms with E-state index in [1.165, 1.54) is 76.7 Å². The van der Waals surface area contributed by atoms with E-state index in [0.29, 0.717) is 57.1 Å². The Morgan fingerprint density at radius 1 is 0.467 bits per heavy atom. The third kappa shape index (κ3) is 33.1. The molecule has 0 saturated carbocycles. The lowest BCUT2D eigenvalue weighted by Gasteiger charge is -2.36. The predicted molar refractivity (Wildman–Crippen MR) is 506 cm³/mol. The van der Waals surface area contributed by atoms with Crippen LogP contribution in [0.5, 0.6) is 11.5 Å². The second kappa shape index (κ2) is 52.2. The van der Waals surface area contributed by atoms with Crippen molar-refractivity contribution in [1.82, 2.24) is 83.1 Å². The Morgan fingerprint density at radius 2 is 0.926 bits per heavy atom. The van der Waals surface area contributed by atoms with Gasteiger partial charge in [-0.05, 0) is 101 Å². The van der Waals surface area contributed by atoms with Crippen LogP contribution in [-0.2, 0) is 115 Å². The third-order valence-corrected chi connectivity index (χ3v) is 24.0. The van der Waals surface area contributed by atoms with Crippen molar-refractivity contribution in [2.75, 3.05) is 59.3 Å². The molecule has 15 amide bonds. The molecule has 38 nitrogen and oxygen atoms in total. The minimum Gasteiger partial charge on any atom is -0.508 e. The van der Waals surface area contributed by atoms with Gasteiger partial charge in [0.15, 0.2) is 5.96 Å². The number of nitrogens with zero attached hydrogens (tertiary/aromatic N) is 4. The van der Waals surface area contributed by atoms with Gasteiger partial charge in [0.2, 0.25) is 88.6 Å². The summed E-state index contributed by atoms with van der Waals surface area (Å²) in [7, 11) is 5.21. The molecule has 0 aliphatic carbocycles. The number of phenolic OH excluding ortho intramolecular Hbond substituents is 2. The van der Waals surface area contributed by atoms with Crippen LogP contribution in [0.2, 0.25) is 0 Å². The Hall–Kier alpha value is -14.4. The number of rotatable bonds is 27. The Morgan fingerprint density at radius 3 is 1.48 bits per heavy atom. The summed E-state index contributed by atoms with van der Waals surface area (Å²) in [6.07, 6.45) is -0.547. The van der Waals surface area contributed by atoms with E-state index >= 15 is 47.9 Å². The predicted octanol–water partition coefficient (Wildman–Crippen LogP) is 1.62. The number of carboxylic acids is 1. The number of benzene rings is 6. The van der Waals surface area contributed by atoms with Crippen LogP contribution in [0.4, 0.5) is 0 Å². The van der Waals surface area contributed by atoms with E-state index in [1.807, 2.05) is 6.92 Å². The minimum atomic E-state index is -2.00. The number of aliphatic carboxylic acids is 1. The Kier molecular flexibility index (Phi) is 40.9. The van der Waals surface area contributed by atoms with Crippen LogP contribution in [0.15, 0.2) is 170 Å². The number of carboxylic acid groups (broad SMARTS) is 1. The van der Waals surface area contributed by atoms with E-state index < -0.39 is 210 Å². The molecule has 1 saturated heterocycles. The van der Waals surface area contributed by atoms with Gasteiger partial charge in [0, 0.05) is 96.1 Å². The highest BCUT2D eigenvalue weighted by atomic mass is 32.2. The number of amides is 15. The molecule has 6 aromatic carbocycles. The van der Waals surface area contributed by atoms with Crippen LogP contribution >= 0.6 is 11.8 Å². The number of aromatic nitrogens is 1. The lowest BCUT2D eigenvalue weighted by Crippen LogP contribution is -2.62. The first-order valence-corrected chi connectivity index (χ1v) is 45.9. The standard InChI is InChI=1S/C96H125N19O19S/c1-10-11-33-76-90(129)105-68(32-23-42-100-96(98)99)85(124)108-72(50-82(121)122)89(128)111-83(57(4)5)95(134)114(8)77(47-59-26-17-13-18-27-59)91(130)109-73(46-62-36-40-65(117)41-37-62)92(131)112(6)53-80(119)103-71(49-63-51-101-67-31-22-21-30-66(63)67)88(127)107-70(44-61-34-38-64(116)39-35-61)87(126)106-69(43-56(2)3)86(125)110-75(84(123)102-52-79(97)118)54-135-55-81(120)104-74(45-58-24-15-12-16-25-58)93(132)115(9)78(94(133)113(76)7)48-60-28-19-14-20-29-60/h12-22,24-31,34-41,51,56-57,68-78,83,101,116-117H,10-11,23,32-33,42-50,52-55H2,1-9H3,(H2,97,118)(H,102,123)(H,103,119)(H,104,120)(H,105,129)(H,106,126)(H,107,127)(H,108,124)(H,109,130)(H,110,125)(H,111,128)(H,121,122)(H4,98,99,100)/t68-,69-,70-,71-,72-,73-,74-,75-,76?,77-,78-,83-/m0/s1. The molecule has 1 aliphatic heterocycles. The zero-order valence-corrected chi connectivity index (χ0v) is 78.0. The summed E-state index contributed by atoms with van der Waals surface area (Å²) >= 11 is 0.817. The Balaban J connectivity index is 1.24. The van der Waals surface area contributed by atoms with E-state index in [0.717, 1.165) is 31.4 Å². The first-order chi connectivity index (χ1) is 64.3. The lowest BCUT2D eigenvalue weighted by atomic mass is 9.98. The van der Waals surface area contributed by atoms with E-state index in [-0.39, 0.29) is 88.2 Å². The number of aromatic amines is 1. The molecular formula is C96H125N19O19S. The molecule has 39 heteroatoms. The maximum absolute atomic E-state index is 15.7. The fraction of sp³-hybridized carbons (Fsp3) is 0.427. The number of likely N-dealkylation sites (N-methyl/N-ethyl adjacent to an activating group) is 4. The molecule has 724 valence electrons. The van der Waals surface area contributed by atoms with Crippen molar-refractivity contribution >= 4 is 123 Å². The van der Waals surface area contributed by atoms with Crippen molar-refractivity contribution in [3.63, 3.8) is 0 Å². The number of unbranched alkanes of at least 4 members (excludes halogenated alkanes) is 1. The van der Waals surface area contributed by atoms with Gasteiger partial charge in [-0.3, -0.25) is 82.1 Å². The number of nitrogens with two attached hydrogens (primary N) is 2. The molecule has 12 atom stereocenters. The van der Waals surface area contributed by atoms with Gasteiger partial charge in [-0.25, -0.2) is 0 Å². The summed E-state index contributed by atoms with van der Waals surface area (Å²) < 4.78 is 0. The number of hydrogen-bond donors (Lipinski definition) is 18. The molecular weight excluding hydrogens is 1760 g/mol. The SMILES string of the molecule is CCCCC1C(=O)N[C@@H](CCCNC(=N)N)C(=O)N[C@@H](CC(=O)O)C(=O)N[C@@H](C(C)C)C(=O)N(C)[C@@H](Cc2ccccc2)C(=O)N[C@@H](Cc2ccc(O)cc2)C(=O)N(C)CC(=O)N[C@@H](Cc2c[nH]c3ccccc23)C(=O)N[C@@H](Cc2ccc(O)cc2)C(=O)N[C@@H](CC(C)C)C(=O)N[C@H](C(=O)NCC(N)=O)CSCC(=O)N[C@@H](Cc2ccccc2)C(=O)N(C)[C@@H](Cc2ccccc2)C(=O)N1C. The average molecular weight is 1880 g/mol. The number of guanidine groups is 1. The number of aromatic hydroxyl groups is 2. The van der Waals surface area contributed by atoms with Gasteiger partial charge in [-0.1, -0.05) is 181 Å². The highest BCUT2D eigenvalue weighted by Gasteiger charge is 2.43. The fourth-order valence-electron chi connectivity index (χ4n) is 15.5. The number of primary amides is 1. The van der Waals surface area contributed by atoms with Crippen LogP contribution in [-0.4, -0.2) is 272 Å². The molecule has 0 spiro atoms. The molecule has 0 bridgehead atoms. The van der Waals surface area contributed by atoms with Gasteiger partial charge >= 0.3 is 5.97 Å². The number of para-hydroxylation sites is 1. The van der Waals surface area contributed by atoms with Crippen molar-refractivity contribution in [1.29, 1.82) is 5.41 Å². The summed E-state index contributed by atoms with van der Waals surface area (Å²) in [6, 6.07) is 24.9. The van der Waals surface area contributed by atoms with E-state index in [2.05, 4.69) is 63.5 Å². The fourth-order valence-corrected chi connectivity index (χ4v) is 16.4. The van der Waals surface area contributed by atoms with Crippen molar-refractivity contribution in [2.24, 2.45) is 23.3 Å². The van der Waals surface area contributed by atoms with Gasteiger partial charge in [0.25, 0.3) is 0 Å². The molecule has 8 rings (SSSR count). The summed E-state index contributed by atoms with van der Waals surface area (Å²) in [5, 5.41) is 69.1. The number of phenols is 2. The van der Waals surface area contributed by atoms with Crippen molar-refractivity contribution < 1.29 is 92.0 Å². The zero-order valence-electron chi connectivity index (χ0n) is 77.2. The van der Waals surface area contributed by atoms with Crippen LogP contribution in [0, 0.1) is 17.2 Å². The third-order valence-electron chi connectivity index (χ3n) is 22.9. The Labute approximate surface area is 787 Å². The van der Waals surface area contributed by atoms with E-state index in [9.17, 15) is 44.1 Å². The quantitative estimate of drug-likeness (QED) is 0.0198. The topological polar surface area (TPSA) is 571 Å². The summed E-state index contributed by atoms with van der Waals surface area (Å²) in [5.41, 5.74) is 14.7. The summed E-state index contributed by atoms with van der Waals surface area (Å²) in [6.45, 7) is 6.86. The monoisotopic (exact) mass is 1880 g/mol. The average Bonchev–Trinajstić information content (AvgIpc) is 1.68. The molecule has 2 heterocycles. The Bertz CT molecular complexity index is 5270. The van der Waals surface area contributed by atoms with Crippen LogP contribution in [0.3, 0.4) is 0 Å². The number of thioether (sulfide) groups is 1. The first-order valence-electron chi connectivity index (χ1n) is 44.7. The number of hydrogen-bond acceptors (Lipinski definition) is 20. The number of carbonyl (C=O) groups excluding carboxylic acids is 15. The highest BCUT2D eigenvalue weighted by Crippen LogP contribution is 2.25. The largest absolute Gasteiger partial charge is 0.508 e. The molecule has 1 aliphatic rings. The highest BCUT2D eigenvalue weighted by molar-refractivity contribution is 8.00. The number of fused-ring (bicyclic) bond motifs is 1. The lowest BCUT2D eigenvalue weighted by molar-refractivity contribution is -0.149. The molecule has 1 unspecified atom stereocenters. The maximum atomic E-state index is 15.7. The van der Waals surface area contributed by atoms with Crippen LogP contribution in [0.25, 0.3) is 10.9 Å². The number of H-pyrrole nitrogens is 1. The molecule has 7 aromatic rings. The number of nitrogens with one attached hydrogen (secondary N) is 13. The maximum Gasteiger partial charge on any atom is 0.305 e. The van der Waals surface area contributed by atoms with E-state index in [1.54, 1.807) is 149 Å². The number of carbonyl (C=O) groups is 16. The smallest absolute Gasteiger partial charge is 0.305 e. The summed E-state index contributed by atoms with van der Waals surface area (Å²) in [4.78, 5) is 245. The minimum absolute atomic E-state index is 0.00221. The molecule has 0 radical (unpaired) electrons. The normalized spacial score (nSPS) is 21.9. The molecule has 1 fully saturated rings. The van der Waals surface area contributed by atoms with Gasteiger partial charge in [-0.2, -0.15) is 0 Å². The van der Waals surface area contributed by atoms with Gasteiger partial charge < -0.3 is 110 Å². The van der Waals surface area contributed by atoms with Crippen LogP contribution < -0.4 is 70.0 Å². The molecule has 20 N–H and O–H groups in total. The van der Waals surface area contributed by atoms with Gasteiger partial charge in [-0.15, -0.1) is 11.8 Å². The van der Waals surface area contributed by atoms with Crippen molar-refractivity contribution in [3.05, 3.63) is 203 Å². The summed E-state index contributed by atoms with van der Waals surface area (Å²) in [5.74, 6) is -18.5. The molecule has 135 heavy (non-hydrogen) atoms. The van der Waals surface area contributed by atoms with Gasteiger partial charge in [0.05, 0.1) is 25.3 Å². The second-order valence-corrected chi connectivity index (χ2v) is 35.4. The van der Waals surface area contributed by atoms with E-state index in [4.69, 9.17) is 16.9 Å². The van der Waals surface area contributed by atoms with Crippen molar-refractivity contribution in [2.45, 2.75) is 191 Å². The van der Waals surface area contributed by atoms with Gasteiger partial charge in [0.1, 0.15) is 84.0 Å². The first kappa shape index (κ1) is 106.